The quantitative estimate of drug-likeness (QED) is 0.635. The van der Waals surface area contributed by atoms with Crippen LogP contribution in [0.25, 0.3) is 11.3 Å². The van der Waals surface area contributed by atoms with Gasteiger partial charge in [0.25, 0.3) is 5.56 Å². The van der Waals surface area contributed by atoms with Gasteiger partial charge in [-0.2, -0.15) is 5.10 Å². The molecule has 7 nitrogen and oxygen atoms in total. The standard InChI is InChI=1S/C23H23N3O4/c1-4-30-23(29)17-6-8-18(9-7-17)24-21(27)14-26-22(28)12-11-20(25-26)19-10-5-15(2)13-16(19)3/h5-13H,4,14H2,1-3H3,(H,24,27). The summed E-state index contributed by atoms with van der Waals surface area (Å²) in [6, 6.07) is 15.4. The Kier molecular flexibility index (Phi) is 6.41. The molecule has 1 N–H and O–H groups in total. The van der Waals surface area contributed by atoms with E-state index in [1.54, 1.807) is 37.3 Å². The van der Waals surface area contributed by atoms with Crippen LogP contribution in [0.15, 0.2) is 59.4 Å². The highest BCUT2D eigenvalue weighted by molar-refractivity contribution is 5.93. The molecule has 0 bridgehead atoms. The van der Waals surface area contributed by atoms with E-state index < -0.39 is 11.9 Å². The molecular formula is C23H23N3O4. The molecule has 154 valence electrons. The van der Waals surface area contributed by atoms with Crippen molar-refractivity contribution in [1.82, 2.24) is 9.78 Å². The van der Waals surface area contributed by atoms with Gasteiger partial charge in [0.15, 0.2) is 0 Å². The Bertz CT molecular complexity index is 1130. The summed E-state index contributed by atoms with van der Waals surface area (Å²) in [6.07, 6.45) is 0. The monoisotopic (exact) mass is 405 g/mol. The van der Waals surface area contributed by atoms with Crippen LogP contribution in [0.2, 0.25) is 0 Å². The minimum Gasteiger partial charge on any atom is -0.462 e. The maximum absolute atomic E-state index is 12.4. The molecule has 0 saturated carbocycles. The van der Waals surface area contributed by atoms with Crippen LogP contribution in [0, 0.1) is 13.8 Å². The Morgan fingerprint density at radius 1 is 1.03 bits per heavy atom. The maximum atomic E-state index is 12.4. The zero-order valence-corrected chi connectivity index (χ0v) is 17.1. The molecule has 0 atom stereocenters. The molecular weight excluding hydrogens is 382 g/mol. The average Bonchev–Trinajstić information content (AvgIpc) is 2.70. The minimum atomic E-state index is -0.422. The van der Waals surface area contributed by atoms with Gasteiger partial charge in [-0.1, -0.05) is 23.8 Å². The number of aromatic nitrogens is 2. The molecule has 0 saturated heterocycles. The number of hydrogen-bond donors (Lipinski definition) is 1. The summed E-state index contributed by atoms with van der Waals surface area (Å²) in [7, 11) is 0. The first-order valence-electron chi connectivity index (χ1n) is 9.60. The van der Waals surface area contributed by atoms with Gasteiger partial charge in [-0.15, -0.1) is 0 Å². The van der Waals surface area contributed by atoms with Gasteiger partial charge < -0.3 is 10.1 Å². The fourth-order valence-electron chi connectivity index (χ4n) is 3.05. The number of nitrogens with one attached hydrogen (secondary N) is 1. The second-order valence-electron chi connectivity index (χ2n) is 6.88. The molecule has 1 aromatic heterocycles. The van der Waals surface area contributed by atoms with Gasteiger partial charge in [0.1, 0.15) is 6.54 Å². The second-order valence-corrected chi connectivity index (χ2v) is 6.88. The number of anilines is 1. The molecule has 1 amide bonds. The van der Waals surface area contributed by atoms with E-state index in [2.05, 4.69) is 10.4 Å². The number of aryl methyl sites for hydroxylation is 2. The van der Waals surface area contributed by atoms with E-state index >= 15 is 0 Å². The molecule has 0 spiro atoms. The summed E-state index contributed by atoms with van der Waals surface area (Å²) in [4.78, 5) is 36.3. The summed E-state index contributed by atoms with van der Waals surface area (Å²) in [6.45, 7) is 5.79. The van der Waals surface area contributed by atoms with Crippen molar-refractivity contribution in [2.45, 2.75) is 27.3 Å². The highest BCUT2D eigenvalue weighted by Crippen LogP contribution is 2.21. The number of benzene rings is 2. The van der Waals surface area contributed by atoms with Gasteiger partial charge in [-0.3, -0.25) is 9.59 Å². The lowest BCUT2D eigenvalue weighted by Gasteiger charge is -2.10. The number of amides is 1. The van der Waals surface area contributed by atoms with Gasteiger partial charge in [-0.05, 0) is 56.7 Å². The summed E-state index contributed by atoms with van der Waals surface area (Å²) in [5.74, 6) is -0.819. The van der Waals surface area contributed by atoms with Crippen molar-refractivity contribution in [1.29, 1.82) is 0 Å². The van der Waals surface area contributed by atoms with Crippen molar-refractivity contribution < 1.29 is 14.3 Å². The first-order chi connectivity index (χ1) is 14.4. The SMILES string of the molecule is CCOC(=O)c1ccc(NC(=O)Cn2nc(-c3ccc(C)cc3C)ccc2=O)cc1. The third-order valence-corrected chi connectivity index (χ3v) is 4.50. The van der Waals surface area contributed by atoms with E-state index in [0.29, 0.717) is 23.6 Å². The first-order valence-corrected chi connectivity index (χ1v) is 9.60. The molecule has 0 aliphatic carbocycles. The number of nitrogens with zero attached hydrogens (tertiary/aromatic N) is 2. The van der Waals surface area contributed by atoms with Crippen LogP contribution in [-0.4, -0.2) is 28.3 Å². The zero-order chi connectivity index (χ0) is 21.7. The Morgan fingerprint density at radius 3 is 2.43 bits per heavy atom. The summed E-state index contributed by atoms with van der Waals surface area (Å²) in [5.41, 5.74) is 4.25. The van der Waals surface area contributed by atoms with E-state index in [1.165, 1.54) is 6.07 Å². The molecule has 0 aliphatic heterocycles. The summed E-state index contributed by atoms with van der Waals surface area (Å²) >= 11 is 0. The van der Waals surface area contributed by atoms with Crippen LogP contribution in [0.1, 0.15) is 28.4 Å². The van der Waals surface area contributed by atoms with Crippen LogP contribution >= 0.6 is 0 Å². The van der Waals surface area contributed by atoms with E-state index in [9.17, 15) is 14.4 Å². The van der Waals surface area contributed by atoms with Gasteiger partial charge in [0.2, 0.25) is 5.91 Å². The van der Waals surface area contributed by atoms with Crippen LogP contribution < -0.4 is 10.9 Å². The van der Waals surface area contributed by atoms with Crippen molar-refractivity contribution in [3.8, 4) is 11.3 Å². The van der Waals surface area contributed by atoms with E-state index in [4.69, 9.17) is 4.74 Å². The first kappa shape index (κ1) is 21.0. The van der Waals surface area contributed by atoms with Crippen molar-refractivity contribution in [3.63, 3.8) is 0 Å². The van der Waals surface area contributed by atoms with Crippen molar-refractivity contribution in [2.24, 2.45) is 0 Å². The molecule has 0 aliphatic rings. The van der Waals surface area contributed by atoms with Crippen molar-refractivity contribution in [3.05, 3.63) is 81.6 Å². The molecule has 30 heavy (non-hydrogen) atoms. The Balaban J connectivity index is 1.73. The highest BCUT2D eigenvalue weighted by Gasteiger charge is 2.11. The fourth-order valence-corrected chi connectivity index (χ4v) is 3.05. The molecule has 0 fully saturated rings. The Hall–Kier alpha value is -3.74. The number of carbonyl (C=O) groups excluding carboxylic acids is 2. The fraction of sp³-hybridized carbons (Fsp3) is 0.217. The van der Waals surface area contributed by atoms with Gasteiger partial charge in [0, 0.05) is 17.3 Å². The summed E-state index contributed by atoms with van der Waals surface area (Å²) < 4.78 is 6.07. The molecule has 2 aromatic carbocycles. The van der Waals surface area contributed by atoms with Gasteiger partial charge >= 0.3 is 5.97 Å². The number of esters is 1. The molecule has 0 unspecified atom stereocenters. The van der Waals surface area contributed by atoms with Crippen molar-refractivity contribution in [2.75, 3.05) is 11.9 Å². The number of rotatable bonds is 6. The molecule has 7 heteroatoms. The predicted octanol–water partition coefficient (Wildman–Crippen LogP) is 3.34. The largest absolute Gasteiger partial charge is 0.462 e. The normalized spacial score (nSPS) is 10.5. The smallest absolute Gasteiger partial charge is 0.338 e. The average molecular weight is 405 g/mol. The number of hydrogen-bond acceptors (Lipinski definition) is 5. The minimum absolute atomic E-state index is 0.225. The van der Waals surface area contributed by atoms with E-state index in [0.717, 1.165) is 21.4 Å². The van der Waals surface area contributed by atoms with Gasteiger partial charge in [-0.25, -0.2) is 9.48 Å². The Labute approximate surface area is 174 Å². The lowest BCUT2D eigenvalue weighted by atomic mass is 10.0. The highest BCUT2D eigenvalue weighted by atomic mass is 16.5. The van der Waals surface area contributed by atoms with E-state index in [1.807, 2.05) is 32.0 Å². The molecule has 3 rings (SSSR count). The topological polar surface area (TPSA) is 90.3 Å². The number of ether oxygens (including phenoxy) is 1. The zero-order valence-electron chi connectivity index (χ0n) is 17.1. The lowest BCUT2D eigenvalue weighted by Crippen LogP contribution is -2.29. The van der Waals surface area contributed by atoms with Crippen LogP contribution in [0.5, 0.6) is 0 Å². The van der Waals surface area contributed by atoms with Crippen LogP contribution in [-0.2, 0) is 16.1 Å². The lowest BCUT2D eigenvalue weighted by molar-refractivity contribution is -0.117. The third-order valence-electron chi connectivity index (χ3n) is 4.50. The van der Waals surface area contributed by atoms with Gasteiger partial charge in [0.05, 0.1) is 17.9 Å². The Morgan fingerprint density at radius 2 is 1.77 bits per heavy atom. The summed E-state index contributed by atoms with van der Waals surface area (Å²) in [5, 5.41) is 7.06. The third kappa shape index (κ3) is 5.00. The predicted molar refractivity (Wildman–Crippen MR) is 114 cm³/mol. The molecule has 0 radical (unpaired) electrons. The van der Waals surface area contributed by atoms with Crippen LogP contribution in [0.3, 0.4) is 0 Å². The number of carbonyl (C=O) groups is 2. The maximum Gasteiger partial charge on any atom is 0.338 e. The molecule has 1 heterocycles. The van der Waals surface area contributed by atoms with E-state index in [-0.39, 0.29) is 12.1 Å². The van der Waals surface area contributed by atoms with Crippen LogP contribution in [0.4, 0.5) is 5.69 Å². The molecule has 3 aromatic rings. The second kappa shape index (κ2) is 9.17. The van der Waals surface area contributed by atoms with Crippen molar-refractivity contribution >= 4 is 17.6 Å².